The van der Waals surface area contributed by atoms with Crippen molar-refractivity contribution in [1.29, 1.82) is 0 Å². The average molecular weight is 301 g/mol. The van der Waals surface area contributed by atoms with Crippen molar-refractivity contribution in [2.24, 2.45) is 0 Å². The second kappa shape index (κ2) is 5.49. The molecule has 2 atom stereocenters. The Kier molecular flexibility index (Phi) is 3.87. The first-order chi connectivity index (χ1) is 9.56. The maximum atomic E-state index is 14.1. The van der Waals surface area contributed by atoms with E-state index in [-0.39, 0.29) is 11.1 Å². The lowest BCUT2D eigenvalue weighted by Gasteiger charge is -2.48. The van der Waals surface area contributed by atoms with Crippen LogP contribution in [-0.4, -0.2) is 36.6 Å². The van der Waals surface area contributed by atoms with Crippen LogP contribution in [0.3, 0.4) is 0 Å². The van der Waals surface area contributed by atoms with Gasteiger partial charge in [0.15, 0.2) is 5.82 Å². The van der Waals surface area contributed by atoms with Gasteiger partial charge in [0.1, 0.15) is 5.82 Å². The standard InChI is InChI=1S/C15H19ClF2N2/c1-10-8-19-5-3-2-4-12(19)9-20(10)15-13(16)6-11(17)7-14(15)18/h6-7,10,12H,2-5,8-9H2,1H3. The number of nitrogens with zero attached hydrogens (tertiary/aromatic N) is 2. The van der Waals surface area contributed by atoms with Crippen LogP contribution in [0.5, 0.6) is 0 Å². The molecule has 0 saturated carbocycles. The summed E-state index contributed by atoms with van der Waals surface area (Å²) in [6.45, 7) is 4.88. The van der Waals surface area contributed by atoms with Crippen molar-refractivity contribution in [3.63, 3.8) is 0 Å². The van der Waals surface area contributed by atoms with Crippen molar-refractivity contribution in [2.45, 2.75) is 38.3 Å². The van der Waals surface area contributed by atoms with Crippen molar-refractivity contribution in [3.8, 4) is 0 Å². The third-order valence-corrected chi connectivity index (χ3v) is 4.74. The summed E-state index contributed by atoms with van der Waals surface area (Å²) in [4.78, 5) is 4.49. The molecule has 1 aromatic rings. The van der Waals surface area contributed by atoms with Crippen LogP contribution in [0.4, 0.5) is 14.5 Å². The summed E-state index contributed by atoms with van der Waals surface area (Å²) in [5.74, 6) is -1.19. The summed E-state index contributed by atoms with van der Waals surface area (Å²) in [6, 6.07) is 2.75. The van der Waals surface area contributed by atoms with E-state index in [1.54, 1.807) is 0 Å². The molecule has 0 N–H and O–H groups in total. The minimum atomic E-state index is -0.625. The first-order valence-electron chi connectivity index (χ1n) is 7.21. The Morgan fingerprint density at radius 3 is 2.75 bits per heavy atom. The molecule has 20 heavy (non-hydrogen) atoms. The zero-order valence-electron chi connectivity index (χ0n) is 11.6. The predicted molar refractivity (Wildman–Crippen MR) is 77.4 cm³/mol. The molecule has 5 heteroatoms. The third-order valence-electron chi connectivity index (χ3n) is 4.46. The van der Waals surface area contributed by atoms with Crippen molar-refractivity contribution >= 4 is 17.3 Å². The van der Waals surface area contributed by atoms with E-state index >= 15 is 0 Å². The van der Waals surface area contributed by atoms with Crippen LogP contribution < -0.4 is 4.90 Å². The van der Waals surface area contributed by atoms with E-state index < -0.39 is 11.6 Å². The summed E-state index contributed by atoms with van der Waals surface area (Å²) < 4.78 is 27.3. The van der Waals surface area contributed by atoms with Crippen LogP contribution in [0.25, 0.3) is 0 Å². The van der Waals surface area contributed by atoms with Crippen LogP contribution in [0, 0.1) is 11.6 Å². The van der Waals surface area contributed by atoms with E-state index in [4.69, 9.17) is 11.6 Å². The van der Waals surface area contributed by atoms with Gasteiger partial charge >= 0.3 is 0 Å². The maximum Gasteiger partial charge on any atom is 0.150 e. The van der Waals surface area contributed by atoms with E-state index in [0.717, 1.165) is 32.1 Å². The highest BCUT2D eigenvalue weighted by atomic mass is 35.5. The summed E-state index contributed by atoms with van der Waals surface area (Å²) >= 11 is 6.07. The number of benzene rings is 1. The lowest BCUT2D eigenvalue weighted by Crippen LogP contribution is -2.59. The van der Waals surface area contributed by atoms with Crippen LogP contribution in [0.1, 0.15) is 26.2 Å². The largest absolute Gasteiger partial charge is 0.362 e. The van der Waals surface area contributed by atoms with Crippen molar-refractivity contribution in [3.05, 3.63) is 28.8 Å². The van der Waals surface area contributed by atoms with Crippen LogP contribution in [0.15, 0.2) is 12.1 Å². The van der Waals surface area contributed by atoms with Crippen molar-refractivity contribution < 1.29 is 8.78 Å². The number of piperazine rings is 1. The summed E-state index contributed by atoms with van der Waals surface area (Å²) in [6.07, 6.45) is 3.61. The Morgan fingerprint density at radius 1 is 1.20 bits per heavy atom. The van der Waals surface area contributed by atoms with Crippen LogP contribution in [0.2, 0.25) is 5.02 Å². The van der Waals surface area contributed by atoms with E-state index in [0.29, 0.717) is 11.7 Å². The first-order valence-corrected chi connectivity index (χ1v) is 7.59. The van der Waals surface area contributed by atoms with Crippen LogP contribution >= 0.6 is 11.6 Å². The average Bonchev–Trinajstić information content (AvgIpc) is 2.38. The second-order valence-corrected chi connectivity index (χ2v) is 6.27. The van der Waals surface area contributed by atoms with Gasteiger partial charge in [-0.2, -0.15) is 0 Å². The first kappa shape index (κ1) is 14.1. The van der Waals surface area contributed by atoms with E-state index in [1.807, 2.05) is 4.90 Å². The number of halogens is 3. The number of rotatable bonds is 1. The van der Waals surface area contributed by atoms with Gasteiger partial charge in [-0.25, -0.2) is 8.78 Å². The molecule has 0 bridgehead atoms. The third kappa shape index (κ3) is 2.51. The SMILES string of the molecule is CC1CN2CCCCC2CN1c1c(F)cc(F)cc1Cl. The lowest BCUT2D eigenvalue weighted by molar-refractivity contribution is 0.115. The lowest BCUT2D eigenvalue weighted by atomic mass is 9.96. The molecule has 2 unspecified atom stereocenters. The minimum Gasteiger partial charge on any atom is -0.362 e. The molecule has 0 spiro atoms. The summed E-state index contributed by atoms with van der Waals surface area (Å²) in [5, 5.41) is 0.165. The van der Waals surface area contributed by atoms with Gasteiger partial charge in [0.2, 0.25) is 0 Å². The molecule has 0 amide bonds. The molecule has 110 valence electrons. The fourth-order valence-corrected chi connectivity index (χ4v) is 3.78. The Morgan fingerprint density at radius 2 is 2.00 bits per heavy atom. The number of fused-ring (bicyclic) bond motifs is 1. The summed E-state index contributed by atoms with van der Waals surface area (Å²) in [7, 11) is 0. The van der Waals surface area contributed by atoms with Gasteiger partial charge in [-0.05, 0) is 32.4 Å². The highest BCUT2D eigenvalue weighted by molar-refractivity contribution is 6.33. The zero-order chi connectivity index (χ0) is 14.3. The number of hydrogen-bond donors (Lipinski definition) is 0. The molecule has 1 aromatic carbocycles. The van der Waals surface area contributed by atoms with Crippen molar-refractivity contribution in [2.75, 3.05) is 24.5 Å². The van der Waals surface area contributed by atoms with Crippen LogP contribution in [-0.2, 0) is 0 Å². The van der Waals surface area contributed by atoms with Crippen molar-refractivity contribution in [1.82, 2.24) is 4.90 Å². The molecule has 2 aliphatic rings. The zero-order valence-corrected chi connectivity index (χ0v) is 12.3. The molecular formula is C15H19ClF2N2. The Bertz CT molecular complexity index is 486. The van der Waals surface area contributed by atoms with Gasteiger partial charge in [0.05, 0.1) is 10.7 Å². The smallest absolute Gasteiger partial charge is 0.150 e. The number of piperidine rings is 1. The Hall–Kier alpha value is -0.870. The number of anilines is 1. The molecule has 2 nitrogen and oxygen atoms in total. The Balaban J connectivity index is 1.90. The quantitative estimate of drug-likeness (QED) is 0.780. The molecule has 0 aliphatic carbocycles. The van der Waals surface area contributed by atoms with Gasteiger partial charge in [-0.1, -0.05) is 18.0 Å². The minimum absolute atomic E-state index is 0.165. The fraction of sp³-hybridized carbons (Fsp3) is 0.600. The highest BCUT2D eigenvalue weighted by Crippen LogP contribution is 2.35. The van der Waals surface area contributed by atoms with Gasteiger partial charge in [0, 0.05) is 31.2 Å². The predicted octanol–water partition coefficient (Wildman–Crippen LogP) is 3.68. The highest BCUT2D eigenvalue weighted by Gasteiger charge is 2.34. The maximum absolute atomic E-state index is 14.1. The Labute approximate surface area is 123 Å². The van der Waals surface area contributed by atoms with Gasteiger partial charge in [-0.3, -0.25) is 4.90 Å². The topological polar surface area (TPSA) is 6.48 Å². The number of hydrogen-bond acceptors (Lipinski definition) is 2. The van der Waals surface area contributed by atoms with Gasteiger partial charge in [0.25, 0.3) is 0 Å². The molecule has 2 aliphatic heterocycles. The molecule has 0 radical (unpaired) electrons. The normalized spacial score (nSPS) is 27.5. The molecule has 3 rings (SSSR count). The molecule has 2 fully saturated rings. The van der Waals surface area contributed by atoms with Gasteiger partial charge in [-0.15, -0.1) is 0 Å². The molecular weight excluding hydrogens is 282 g/mol. The fourth-order valence-electron chi connectivity index (χ4n) is 3.47. The molecule has 2 heterocycles. The van der Waals surface area contributed by atoms with E-state index in [2.05, 4.69) is 11.8 Å². The van der Waals surface area contributed by atoms with E-state index in [9.17, 15) is 8.78 Å². The monoisotopic (exact) mass is 300 g/mol. The van der Waals surface area contributed by atoms with E-state index in [1.165, 1.54) is 18.9 Å². The van der Waals surface area contributed by atoms with Gasteiger partial charge < -0.3 is 4.90 Å². The summed E-state index contributed by atoms with van der Waals surface area (Å²) in [5.41, 5.74) is 0.353. The second-order valence-electron chi connectivity index (χ2n) is 5.86. The molecule has 0 aromatic heterocycles. The molecule has 2 saturated heterocycles.